The Morgan fingerprint density at radius 3 is 2.48 bits per heavy atom. The monoisotopic (exact) mass is 415 g/mol. The molecule has 1 aliphatic carbocycles. The molecule has 4 rings (SSSR count). The first kappa shape index (κ1) is 20.2. The molecular formula is C23H29NO4S. The van der Waals surface area contributed by atoms with Crippen LogP contribution < -0.4 is 14.2 Å². The van der Waals surface area contributed by atoms with E-state index in [2.05, 4.69) is 4.72 Å². The molecule has 2 aliphatic rings. The van der Waals surface area contributed by atoms with Gasteiger partial charge in [-0.3, -0.25) is 0 Å². The molecule has 0 aromatic heterocycles. The Hall–Kier alpha value is -2.05. The Bertz CT molecular complexity index is 1040. The van der Waals surface area contributed by atoms with Crippen molar-refractivity contribution in [2.45, 2.75) is 69.4 Å². The molecule has 5 nitrogen and oxygen atoms in total. The molecule has 0 saturated heterocycles. The normalized spacial score (nSPS) is 20.3. The highest BCUT2D eigenvalue weighted by Crippen LogP contribution is 2.41. The summed E-state index contributed by atoms with van der Waals surface area (Å²) in [5.74, 6) is 1.15. The van der Waals surface area contributed by atoms with Gasteiger partial charge in [0.25, 0.3) is 0 Å². The van der Waals surface area contributed by atoms with Crippen LogP contribution in [0.25, 0.3) is 0 Å². The number of nitrogens with one attached hydrogen (secondary N) is 1. The van der Waals surface area contributed by atoms with Crippen molar-refractivity contribution < 1.29 is 17.9 Å². The highest BCUT2D eigenvalue weighted by Gasteiger charge is 2.37. The van der Waals surface area contributed by atoms with Crippen LogP contribution in [0.2, 0.25) is 0 Å². The fraction of sp³-hybridized carbons (Fsp3) is 0.478. The van der Waals surface area contributed by atoms with Gasteiger partial charge in [-0.15, -0.1) is 0 Å². The molecule has 0 amide bonds. The molecule has 1 heterocycles. The van der Waals surface area contributed by atoms with E-state index in [1.54, 1.807) is 6.07 Å². The van der Waals surface area contributed by atoms with Crippen molar-refractivity contribution >= 4 is 10.0 Å². The van der Waals surface area contributed by atoms with Gasteiger partial charge in [0.15, 0.2) is 0 Å². The molecule has 0 saturated carbocycles. The van der Waals surface area contributed by atoms with Gasteiger partial charge in [-0.2, -0.15) is 0 Å². The fourth-order valence-electron chi connectivity index (χ4n) is 4.42. The molecule has 1 unspecified atom stereocenters. The third-order valence-corrected chi connectivity index (χ3v) is 7.33. The molecular weight excluding hydrogens is 386 g/mol. The molecule has 29 heavy (non-hydrogen) atoms. The van der Waals surface area contributed by atoms with Gasteiger partial charge < -0.3 is 9.47 Å². The van der Waals surface area contributed by atoms with Crippen LogP contribution >= 0.6 is 0 Å². The van der Waals surface area contributed by atoms with Crippen molar-refractivity contribution in [3.8, 4) is 11.5 Å². The largest absolute Gasteiger partial charge is 0.495 e. The van der Waals surface area contributed by atoms with Crippen molar-refractivity contribution in [1.82, 2.24) is 4.72 Å². The minimum atomic E-state index is -3.77. The summed E-state index contributed by atoms with van der Waals surface area (Å²) in [6.07, 6.45) is 4.66. The van der Waals surface area contributed by atoms with Gasteiger partial charge in [-0.25, -0.2) is 13.1 Å². The SMILES string of the molecule is COc1cc2c(cc1S(=O)(=O)NC1CC(C)(C)Oc3cc(C)ccc31)CCCC2. The van der Waals surface area contributed by atoms with Gasteiger partial charge in [0.2, 0.25) is 10.0 Å². The zero-order valence-electron chi connectivity index (χ0n) is 17.5. The van der Waals surface area contributed by atoms with Crippen LogP contribution in [-0.4, -0.2) is 21.1 Å². The third kappa shape index (κ3) is 4.01. The number of fused-ring (bicyclic) bond motifs is 2. The van der Waals surface area contributed by atoms with Crippen molar-refractivity contribution in [3.05, 3.63) is 52.6 Å². The van der Waals surface area contributed by atoms with E-state index in [0.717, 1.165) is 48.1 Å². The number of sulfonamides is 1. The Labute approximate surface area is 173 Å². The summed E-state index contributed by atoms with van der Waals surface area (Å²) in [6.45, 7) is 5.97. The molecule has 0 radical (unpaired) electrons. The van der Waals surface area contributed by atoms with E-state index in [4.69, 9.17) is 9.47 Å². The second-order valence-electron chi connectivity index (χ2n) is 8.76. The van der Waals surface area contributed by atoms with Crippen LogP contribution in [-0.2, 0) is 22.9 Å². The molecule has 1 aliphatic heterocycles. The van der Waals surface area contributed by atoms with Crippen LogP contribution in [0, 0.1) is 6.92 Å². The van der Waals surface area contributed by atoms with E-state index in [0.29, 0.717) is 12.2 Å². The summed E-state index contributed by atoms with van der Waals surface area (Å²) in [6, 6.07) is 9.25. The van der Waals surface area contributed by atoms with Crippen LogP contribution in [0.3, 0.4) is 0 Å². The predicted molar refractivity (Wildman–Crippen MR) is 113 cm³/mol. The van der Waals surface area contributed by atoms with Crippen LogP contribution in [0.15, 0.2) is 35.2 Å². The van der Waals surface area contributed by atoms with Gasteiger partial charge in [-0.05, 0) is 81.3 Å². The molecule has 156 valence electrons. The maximum atomic E-state index is 13.4. The van der Waals surface area contributed by atoms with Gasteiger partial charge >= 0.3 is 0 Å². The Balaban J connectivity index is 1.73. The topological polar surface area (TPSA) is 64.6 Å². The van der Waals surface area contributed by atoms with Gasteiger partial charge in [0, 0.05) is 12.0 Å². The van der Waals surface area contributed by atoms with E-state index in [1.807, 2.05) is 45.0 Å². The van der Waals surface area contributed by atoms with Gasteiger partial charge in [0.1, 0.15) is 22.0 Å². The van der Waals surface area contributed by atoms with Gasteiger partial charge in [-0.1, -0.05) is 12.1 Å². The fourth-order valence-corrected chi connectivity index (χ4v) is 5.84. The van der Waals surface area contributed by atoms with Crippen molar-refractivity contribution in [1.29, 1.82) is 0 Å². The highest BCUT2D eigenvalue weighted by molar-refractivity contribution is 7.89. The van der Waals surface area contributed by atoms with Crippen molar-refractivity contribution in [2.75, 3.05) is 7.11 Å². The molecule has 1 N–H and O–H groups in total. The minimum Gasteiger partial charge on any atom is -0.495 e. The van der Waals surface area contributed by atoms with Crippen LogP contribution in [0.1, 0.15) is 61.4 Å². The lowest BCUT2D eigenvalue weighted by Gasteiger charge is -2.38. The number of benzene rings is 2. The zero-order chi connectivity index (χ0) is 20.8. The molecule has 0 bridgehead atoms. The molecule has 2 aromatic carbocycles. The lowest BCUT2D eigenvalue weighted by molar-refractivity contribution is 0.0701. The second kappa shape index (κ2) is 7.33. The standard InChI is InChI=1S/C23H29NO4S/c1-15-9-10-18-19(14-23(2,3)28-20(18)11-15)24-29(25,26)22-13-17-8-6-5-7-16(17)12-21(22)27-4/h9-13,19,24H,5-8,14H2,1-4H3. The zero-order valence-corrected chi connectivity index (χ0v) is 18.4. The Morgan fingerprint density at radius 1 is 1.10 bits per heavy atom. The number of aryl methyl sites for hydroxylation is 3. The average Bonchev–Trinajstić information content (AvgIpc) is 2.65. The quantitative estimate of drug-likeness (QED) is 0.801. The average molecular weight is 416 g/mol. The summed E-state index contributed by atoms with van der Waals surface area (Å²) in [4.78, 5) is 0.221. The highest BCUT2D eigenvalue weighted by atomic mass is 32.2. The number of hydrogen-bond donors (Lipinski definition) is 1. The molecule has 1 atom stereocenters. The van der Waals surface area contributed by atoms with E-state index < -0.39 is 15.6 Å². The first-order valence-corrected chi connectivity index (χ1v) is 11.7. The van der Waals surface area contributed by atoms with E-state index in [9.17, 15) is 8.42 Å². The van der Waals surface area contributed by atoms with Crippen LogP contribution in [0.4, 0.5) is 0 Å². The predicted octanol–water partition coefficient (Wildman–Crippen LogP) is 4.46. The first-order valence-electron chi connectivity index (χ1n) is 10.2. The number of rotatable bonds is 4. The van der Waals surface area contributed by atoms with Crippen molar-refractivity contribution in [2.24, 2.45) is 0 Å². The number of hydrogen-bond acceptors (Lipinski definition) is 4. The maximum Gasteiger partial charge on any atom is 0.244 e. The Kier molecular flexibility index (Phi) is 5.11. The smallest absolute Gasteiger partial charge is 0.244 e. The minimum absolute atomic E-state index is 0.221. The number of methoxy groups -OCH3 is 1. The van der Waals surface area contributed by atoms with E-state index in [-0.39, 0.29) is 10.9 Å². The summed E-state index contributed by atoms with van der Waals surface area (Å²) < 4.78 is 41.4. The first-order chi connectivity index (χ1) is 13.7. The van der Waals surface area contributed by atoms with Crippen molar-refractivity contribution in [3.63, 3.8) is 0 Å². The molecule has 6 heteroatoms. The number of ether oxygens (including phenoxy) is 2. The van der Waals surface area contributed by atoms with Crippen LogP contribution in [0.5, 0.6) is 11.5 Å². The molecule has 0 fully saturated rings. The second-order valence-corrected chi connectivity index (χ2v) is 10.4. The third-order valence-electron chi connectivity index (χ3n) is 5.84. The van der Waals surface area contributed by atoms with E-state index >= 15 is 0 Å². The maximum absolute atomic E-state index is 13.4. The molecule has 0 spiro atoms. The van der Waals surface area contributed by atoms with Gasteiger partial charge in [0.05, 0.1) is 13.2 Å². The lowest BCUT2D eigenvalue weighted by Crippen LogP contribution is -2.41. The summed E-state index contributed by atoms with van der Waals surface area (Å²) in [5, 5.41) is 0. The van der Waals surface area contributed by atoms with E-state index in [1.165, 1.54) is 12.7 Å². The summed E-state index contributed by atoms with van der Waals surface area (Å²) in [7, 11) is -2.24. The summed E-state index contributed by atoms with van der Waals surface area (Å²) in [5.41, 5.74) is 3.80. The summed E-state index contributed by atoms with van der Waals surface area (Å²) >= 11 is 0. The Morgan fingerprint density at radius 2 is 1.79 bits per heavy atom. The lowest BCUT2D eigenvalue weighted by atomic mass is 9.90. The molecule has 2 aromatic rings.